The summed E-state index contributed by atoms with van der Waals surface area (Å²) in [6.45, 7) is 0. The summed E-state index contributed by atoms with van der Waals surface area (Å²) < 4.78 is 13.2. The minimum atomic E-state index is 0.671. The number of ether oxygens (including phenoxy) is 2. The van der Waals surface area contributed by atoms with E-state index in [1.54, 1.807) is 0 Å². The number of anilines is 2. The summed E-state index contributed by atoms with van der Waals surface area (Å²) in [4.78, 5) is 0. The molecule has 4 N–H and O–H groups in total. The van der Waals surface area contributed by atoms with Crippen molar-refractivity contribution >= 4 is 11.4 Å². The first kappa shape index (κ1) is 20.9. The second kappa shape index (κ2) is 8.58. The molecule has 1 aliphatic rings. The van der Waals surface area contributed by atoms with Gasteiger partial charge in [-0.3, -0.25) is 0 Å². The Labute approximate surface area is 204 Å². The van der Waals surface area contributed by atoms with Crippen LogP contribution in [0.3, 0.4) is 0 Å². The maximum atomic E-state index is 6.59. The van der Waals surface area contributed by atoms with E-state index in [1.807, 2.05) is 66.7 Å². The summed E-state index contributed by atoms with van der Waals surface area (Å²) in [6.07, 6.45) is 0.767. The van der Waals surface area contributed by atoms with Crippen molar-refractivity contribution in [3.05, 3.63) is 120 Å². The van der Waals surface area contributed by atoms with E-state index in [1.165, 1.54) is 11.1 Å². The van der Waals surface area contributed by atoms with Gasteiger partial charge in [-0.15, -0.1) is 0 Å². The normalized spacial score (nSPS) is 11.5. The van der Waals surface area contributed by atoms with Crippen LogP contribution in [-0.4, -0.2) is 0 Å². The molecule has 0 saturated carbocycles. The lowest BCUT2D eigenvalue weighted by Crippen LogP contribution is -1.99. The average molecular weight is 457 g/mol. The summed E-state index contributed by atoms with van der Waals surface area (Å²) in [5, 5.41) is 0. The van der Waals surface area contributed by atoms with Crippen molar-refractivity contribution in [1.82, 2.24) is 0 Å². The summed E-state index contributed by atoms with van der Waals surface area (Å²) in [7, 11) is 0. The molecule has 0 aliphatic heterocycles. The summed E-state index contributed by atoms with van der Waals surface area (Å²) >= 11 is 0. The molecule has 35 heavy (non-hydrogen) atoms. The molecule has 4 heteroatoms. The zero-order valence-corrected chi connectivity index (χ0v) is 19.1. The Morgan fingerprint density at radius 2 is 1.09 bits per heavy atom. The van der Waals surface area contributed by atoms with Crippen LogP contribution in [0.1, 0.15) is 11.1 Å². The van der Waals surface area contributed by atoms with Gasteiger partial charge in [0.05, 0.1) is 0 Å². The molecule has 0 fully saturated rings. The lowest BCUT2D eigenvalue weighted by Gasteiger charge is -2.20. The predicted molar refractivity (Wildman–Crippen MR) is 142 cm³/mol. The number of hydrogen-bond donors (Lipinski definition) is 2. The Kier molecular flexibility index (Phi) is 5.12. The number of nitrogen functional groups attached to an aromatic ring is 2. The highest BCUT2D eigenvalue weighted by atomic mass is 16.5. The number of rotatable bonds is 5. The largest absolute Gasteiger partial charge is 0.453 e. The van der Waals surface area contributed by atoms with Gasteiger partial charge in [0.25, 0.3) is 0 Å². The van der Waals surface area contributed by atoms with E-state index < -0.39 is 0 Å². The molecule has 1 aliphatic carbocycles. The second-order valence-electron chi connectivity index (χ2n) is 8.65. The second-order valence-corrected chi connectivity index (χ2v) is 8.65. The third kappa shape index (κ3) is 3.96. The van der Waals surface area contributed by atoms with E-state index in [-0.39, 0.29) is 0 Å². The molecule has 5 aromatic carbocycles. The van der Waals surface area contributed by atoms with Crippen LogP contribution >= 0.6 is 0 Å². The smallest absolute Gasteiger partial charge is 0.178 e. The van der Waals surface area contributed by atoms with E-state index in [0.717, 1.165) is 28.7 Å². The molecule has 170 valence electrons. The zero-order valence-electron chi connectivity index (χ0n) is 19.1. The number of hydrogen-bond acceptors (Lipinski definition) is 4. The maximum absolute atomic E-state index is 6.59. The molecule has 0 amide bonds. The topological polar surface area (TPSA) is 70.5 Å². The minimum absolute atomic E-state index is 0.671. The SMILES string of the molecule is Nc1ccc(Oc2c(-c3ccccc3)cc3c(c2Oc2ccc(N)cc2)Cc2ccccc2-3)cc1. The summed E-state index contributed by atoms with van der Waals surface area (Å²) in [5.41, 5.74) is 20.0. The zero-order chi connectivity index (χ0) is 23.8. The highest BCUT2D eigenvalue weighted by Crippen LogP contribution is 2.52. The number of fused-ring (bicyclic) bond motifs is 3. The van der Waals surface area contributed by atoms with Crippen molar-refractivity contribution in [3.63, 3.8) is 0 Å². The first-order chi connectivity index (χ1) is 17.2. The van der Waals surface area contributed by atoms with Crippen molar-refractivity contribution in [2.45, 2.75) is 6.42 Å². The molecule has 0 radical (unpaired) electrons. The molecule has 0 spiro atoms. The average Bonchev–Trinajstić information content (AvgIpc) is 3.27. The van der Waals surface area contributed by atoms with Gasteiger partial charge in [-0.05, 0) is 76.9 Å². The van der Waals surface area contributed by atoms with Crippen LogP contribution in [0.5, 0.6) is 23.0 Å². The lowest BCUT2D eigenvalue weighted by molar-refractivity contribution is 0.417. The molecule has 0 heterocycles. The fraction of sp³-hybridized carbons (Fsp3) is 0.0323. The van der Waals surface area contributed by atoms with Gasteiger partial charge < -0.3 is 20.9 Å². The molecular formula is C31H24N2O2. The first-order valence-electron chi connectivity index (χ1n) is 11.6. The van der Waals surface area contributed by atoms with Crippen LogP contribution in [0.2, 0.25) is 0 Å². The molecule has 0 saturated heterocycles. The van der Waals surface area contributed by atoms with E-state index in [9.17, 15) is 0 Å². The van der Waals surface area contributed by atoms with Gasteiger partial charge >= 0.3 is 0 Å². The van der Waals surface area contributed by atoms with Crippen molar-refractivity contribution in [3.8, 4) is 45.3 Å². The Morgan fingerprint density at radius 3 is 1.74 bits per heavy atom. The summed E-state index contributed by atoms with van der Waals surface area (Å²) in [5.74, 6) is 2.77. The van der Waals surface area contributed by atoms with Crippen LogP contribution < -0.4 is 20.9 Å². The monoisotopic (exact) mass is 456 g/mol. The molecular weight excluding hydrogens is 432 g/mol. The third-order valence-electron chi connectivity index (χ3n) is 6.30. The van der Waals surface area contributed by atoms with Crippen LogP contribution in [0.15, 0.2) is 109 Å². The fourth-order valence-corrected chi connectivity index (χ4v) is 4.57. The van der Waals surface area contributed by atoms with Crippen molar-refractivity contribution in [2.75, 3.05) is 11.5 Å². The van der Waals surface area contributed by atoms with Crippen LogP contribution in [-0.2, 0) is 6.42 Å². The predicted octanol–water partition coefficient (Wildman–Crippen LogP) is 7.67. The summed E-state index contributed by atoms with van der Waals surface area (Å²) in [6, 6.07) is 35.8. The third-order valence-corrected chi connectivity index (χ3v) is 6.30. The number of benzene rings is 5. The Hall–Kier alpha value is -4.70. The van der Waals surface area contributed by atoms with E-state index >= 15 is 0 Å². The lowest BCUT2D eigenvalue weighted by atomic mass is 9.96. The first-order valence-corrected chi connectivity index (χ1v) is 11.6. The van der Waals surface area contributed by atoms with E-state index in [2.05, 4.69) is 42.5 Å². The number of nitrogens with two attached hydrogens (primary N) is 2. The van der Waals surface area contributed by atoms with Gasteiger partial charge in [0, 0.05) is 28.9 Å². The quantitative estimate of drug-likeness (QED) is 0.261. The van der Waals surface area contributed by atoms with Gasteiger partial charge in [0.1, 0.15) is 11.5 Å². The van der Waals surface area contributed by atoms with Crippen molar-refractivity contribution < 1.29 is 9.47 Å². The molecule has 0 unspecified atom stereocenters. The highest BCUT2D eigenvalue weighted by Gasteiger charge is 2.29. The van der Waals surface area contributed by atoms with Crippen molar-refractivity contribution in [1.29, 1.82) is 0 Å². The molecule has 4 nitrogen and oxygen atoms in total. The van der Waals surface area contributed by atoms with E-state index in [0.29, 0.717) is 34.4 Å². The molecule has 0 atom stereocenters. The molecule has 6 rings (SSSR count). The highest BCUT2D eigenvalue weighted by molar-refractivity contribution is 5.88. The minimum Gasteiger partial charge on any atom is -0.453 e. The standard InChI is InChI=1S/C31H24N2O2/c32-22-10-14-24(15-11-22)34-30-27(20-6-2-1-3-7-20)19-28-26-9-5-4-8-21(26)18-29(28)31(30)35-25-16-12-23(33)13-17-25/h1-17,19H,18,32-33H2. The van der Waals surface area contributed by atoms with Gasteiger partial charge in [0.2, 0.25) is 0 Å². The van der Waals surface area contributed by atoms with Gasteiger partial charge in [0.15, 0.2) is 11.5 Å². The van der Waals surface area contributed by atoms with Gasteiger partial charge in [-0.1, -0.05) is 54.6 Å². The van der Waals surface area contributed by atoms with Gasteiger partial charge in [-0.2, -0.15) is 0 Å². The Bertz CT molecular complexity index is 1510. The Balaban J connectivity index is 1.60. The van der Waals surface area contributed by atoms with Gasteiger partial charge in [-0.25, -0.2) is 0 Å². The Morgan fingerprint density at radius 1 is 0.514 bits per heavy atom. The van der Waals surface area contributed by atoms with Crippen LogP contribution in [0, 0.1) is 0 Å². The van der Waals surface area contributed by atoms with E-state index in [4.69, 9.17) is 20.9 Å². The maximum Gasteiger partial charge on any atom is 0.178 e. The van der Waals surface area contributed by atoms with Crippen molar-refractivity contribution in [2.24, 2.45) is 0 Å². The molecule has 0 bridgehead atoms. The van der Waals surface area contributed by atoms with Crippen LogP contribution in [0.25, 0.3) is 22.3 Å². The molecule has 0 aromatic heterocycles. The fourth-order valence-electron chi connectivity index (χ4n) is 4.57. The molecule has 5 aromatic rings. The van der Waals surface area contributed by atoms with Crippen LogP contribution in [0.4, 0.5) is 11.4 Å².